The fourth-order valence-corrected chi connectivity index (χ4v) is 4.43. The van der Waals surface area contributed by atoms with Crippen LogP contribution in [0.3, 0.4) is 0 Å². The number of hydrogen-bond acceptors (Lipinski definition) is 7. The van der Waals surface area contributed by atoms with Crippen LogP contribution in [-0.2, 0) is 4.79 Å². The molecule has 0 saturated carbocycles. The van der Waals surface area contributed by atoms with Gasteiger partial charge in [-0.3, -0.25) is 4.79 Å². The molecule has 29 heavy (non-hydrogen) atoms. The Morgan fingerprint density at radius 2 is 1.90 bits per heavy atom. The van der Waals surface area contributed by atoms with E-state index in [2.05, 4.69) is 14.9 Å². The highest BCUT2D eigenvalue weighted by atomic mass is 16.7. The monoisotopic (exact) mass is 396 g/mol. The van der Waals surface area contributed by atoms with Crippen LogP contribution in [0.1, 0.15) is 24.9 Å². The molecular weight excluding hydrogens is 372 g/mol. The summed E-state index contributed by atoms with van der Waals surface area (Å²) in [6, 6.07) is 7.77. The molecule has 0 N–H and O–H groups in total. The summed E-state index contributed by atoms with van der Waals surface area (Å²) in [5, 5.41) is 0. The molecule has 152 valence electrons. The second kappa shape index (κ2) is 6.79. The van der Waals surface area contributed by atoms with Crippen LogP contribution in [0.5, 0.6) is 17.2 Å². The van der Waals surface area contributed by atoms with Crippen LogP contribution in [0.2, 0.25) is 0 Å². The van der Waals surface area contributed by atoms with Crippen molar-refractivity contribution in [1.29, 1.82) is 0 Å². The Kier molecular flexibility index (Phi) is 4.22. The number of nitrogens with zero attached hydrogens (tertiary/aromatic N) is 4. The number of benzene rings is 1. The van der Waals surface area contributed by atoms with Crippen LogP contribution in [0.25, 0.3) is 0 Å². The summed E-state index contributed by atoms with van der Waals surface area (Å²) in [7, 11) is 0. The van der Waals surface area contributed by atoms with Crippen LogP contribution >= 0.6 is 0 Å². The molecule has 1 aromatic heterocycles. The highest BCUT2D eigenvalue weighted by Crippen LogP contribution is 2.37. The van der Waals surface area contributed by atoms with Gasteiger partial charge < -0.3 is 24.0 Å². The number of ether oxygens (including phenoxy) is 3. The van der Waals surface area contributed by atoms with E-state index in [0.29, 0.717) is 17.2 Å². The van der Waals surface area contributed by atoms with Gasteiger partial charge in [0.15, 0.2) is 17.6 Å². The first kappa shape index (κ1) is 18.0. The molecule has 3 atom stereocenters. The molecule has 8 nitrogen and oxygen atoms in total. The zero-order valence-electron chi connectivity index (χ0n) is 16.8. The van der Waals surface area contributed by atoms with Crippen molar-refractivity contribution in [1.82, 2.24) is 14.9 Å². The lowest BCUT2D eigenvalue weighted by Crippen LogP contribution is -2.71. The van der Waals surface area contributed by atoms with Gasteiger partial charge in [0.1, 0.15) is 17.4 Å². The minimum atomic E-state index is -0.559. The summed E-state index contributed by atoms with van der Waals surface area (Å²) < 4.78 is 16.6. The van der Waals surface area contributed by atoms with Gasteiger partial charge in [-0.05, 0) is 39.3 Å². The smallest absolute Gasteiger partial charge is 0.263 e. The Bertz CT molecular complexity index is 933. The molecule has 1 amide bonds. The van der Waals surface area contributed by atoms with E-state index in [-0.39, 0.29) is 24.8 Å². The van der Waals surface area contributed by atoms with Crippen molar-refractivity contribution in [2.45, 2.75) is 45.4 Å². The number of carbonyl (C=O) groups is 1. The summed E-state index contributed by atoms with van der Waals surface area (Å²) in [6.45, 7) is 7.48. The molecule has 5 heterocycles. The van der Waals surface area contributed by atoms with E-state index in [1.54, 1.807) is 25.1 Å². The molecule has 3 unspecified atom stereocenters. The number of rotatable bonds is 4. The molecule has 2 aromatic rings. The van der Waals surface area contributed by atoms with Crippen LogP contribution in [0.4, 0.5) is 5.82 Å². The number of hydrogen-bond donors (Lipinski definition) is 0. The zero-order chi connectivity index (χ0) is 20.1. The van der Waals surface area contributed by atoms with Gasteiger partial charge >= 0.3 is 0 Å². The van der Waals surface area contributed by atoms with Crippen LogP contribution < -0.4 is 19.1 Å². The molecule has 4 aliphatic heterocycles. The Hall–Kier alpha value is -3.03. The molecule has 2 bridgehead atoms. The summed E-state index contributed by atoms with van der Waals surface area (Å²) in [4.78, 5) is 26.2. The van der Waals surface area contributed by atoms with E-state index in [1.165, 1.54) is 0 Å². The number of piperidine rings is 1. The van der Waals surface area contributed by atoms with Crippen molar-refractivity contribution < 1.29 is 19.0 Å². The number of aryl methyl sites for hydroxylation is 2. The molecule has 0 radical (unpaired) electrons. The second-order valence-corrected chi connectivity index (χ2v) is 7.88. The molecule has 3 fully saturated rings. The summed E-state index contributed by atoms with van der Waals surface area (Å²) in [5.74, 6) is 3.70. The number of anilines is 1. The molecule has 8 heteroatoms. The fraction of sp³-hybridized carbons (Fsp3) is 0.476. The Labute approximate surface area is 169 Å². The Balaban J connectivity index is 1.24. The van der Waals surface area contributed by atoms with E-state index in [4.69, 9.17) is 14.2 Å². The maximum absolute atomic E-state index is 13.0. The van der Waals surface area contributed by atoms with Gasteiger partial charge in [-0.15, -0.1) is 0 Å². The molecule has 1 aromatic carbocycles. The van der Waals surface area contributed by atoms with Crippen molar-refractivity contribution >= 4 is 11.7 Å². The van der Waals surface area contributed by atoms with Crippen molar-refractivity contribution in [3.05, 3.63) is 35.8 Å². The lowest BCUT2D eigenvalue weighted by molar-refractivity contribution is -0.153. The average molecular weight is 396 g/mol. The van der Waals surface area contributed by atoms with Gasteiger partial charge in [0.2, 0.25) is 6.79 Å². The normalized spacial score (nSPS) is 22.9. The first-order chi connectivity index (χ1) is 14.0. The highest BCUT2D eigenvalue weighted by molar-refractivity contribution is 5.83. The fourth-order valence-electron chi connectivity index (χ4n) is 4.43. The van der Waals surface area contributed by atoms with E-state index in [9.17, 15) is 4.79 Å². The maximum atomic E-state index is 13.0. The van der Waals surface area contributed by atoms with Gasteiger partial charge in [-0.25, -0.2) is 9.97 Å². The van der Waals surface area contributed by atoms with Gasteiger partial charge in [0, 0.05) is 30.9 Å². The minimum Gasteiger partial charge on any atom is -0.481 e. The SMILES string of the molecule is Cc1cc(N2CC3CC(C2)N3C(=O)C(C)Oc2ccc3c(c2)OCO3)nc(C)n1. The maximum Gasteiger partial charge on any atom is 0.263 e. The molecule has 0 spiro atoms. The topological polar surface area (TPSA) is 77.0 Å². The van der Waals surface area contributed by atoms with Crippen LogP contribution in [0.15, 0.2) is 24.3 Å². The third-order valence-corrected chi connectivity index (χ3v) is 5.73. The van der Waals surface area contributed by atoms with Crippen molar-refractivity contribution in [3.63, 3.8) is 0 Å². The van der Waals surface area contributed by atoms with Crippen molar-refractivity contribution in [2.24, 2.45) is 0 Å². The second-order valence-electron chi connectivity index (χ2n) is 7.88. The third kappa shape index (κ3) is 3.22. The number of carbonyl (C=O) groups excluding carboxylic acids is 1. The lowest BCUT2D eigenvalue weighted by Gasteiger charge is -2.57. The number of fused-ring (bicyclic) bond motifs is 3. The van der Waals surface area contributed by atoms with Crippen LogP contribution in [0, 0.1) is 13.8 Å². The third-order valence-electron chi connectivity index (χ3n) is 5.73. The van der Waals surface area contributed by atoms with Crippen molar-refractivity contribution in [3.8, 4) is 17.2 Å². The minimum absolute atomic E-state index is 0.0265. The van der Waals surface area contributed by atoms with E-state index in [1.807, 2.05) is 24.8 Å². The van der Waals surface area contributed by atoms with Gasteiger partial charge in [-0.1, -0.05) is 0 Å². The molecule has 3 saturated heterocycles. The Morgan fingerprint density at radius 3 is 2.66 bits per heavy atom. The molecule has 4 aliphatic rings. The van der Waals surface area contributed by atoms with Gasteiger partial charge in [0.05, 0.1) is 12.1 Å². The molecule has 6 rings (SSSR count). The van der Waals surface area contributed by atoms with E-state index >= 15 is 0 Å². The van der Waals surface area contributed by atoms with Gasteiger partial charge in [-0.2, -0.15) is 0 Å². The summed E-state index contributed by atoms with van der Waals surface area (Å²) >= 11 is 0. The quantitative estimate of drug-likeness (QED) is 0.783. The predicted octanol–water partition coefficient (Wildman–Crippen LogP) is 2.08. The summed E-state index contributed by atoms with van der Waals surface area (Å²) in [5.41, 5.74) is 0.963. The summed E-state index contributed by atoms with van der Waals surface area (Å²) in [6.07, 6.45) is 0.470. The molecule has 0 aliphatic carbocycles. The zero-order valence-corrected chi connectivity index (χ0v) is 16.8. The largest absolute Gasteiger partial charge is 0.481 e. The van der Waals surface area contributed by atoms with Crippen molar-refractivity contribution in [2.75, 3.05) is 24.8 Å². The number of aromatic nitrogens is 2. The van der Waals surface area contributed by atoms with E-state index in [0.717, 1.165) is 36.8 Å². The first-order valence-electron chi connectivity index (χ1n) is 9.93. The molecular formula is C21H24N4O4. The first-order valence-corrected chi connectivity index (χ1v) is 9.93. The van der Waals surface area contributed by atoms with E-state index < -0.39 is 6.10 Å². The number of piperazine rings is 1. The van der Waals surface area contributed by atoms with Gasteiger partial charge in [0.25, 0.3) is 5.91 Å². The lowest BCUT2D eigenvalue weighted by atomic mass is 9.86. The number of amides is 1. The Morgan fingerprint density at radius 1 is 1.14 bits per heavy atom. The highest BCUT2D eigenvalue weighted by Gasteiger charge is 2.48. The van der Waals surface area contributed by atoms with Crippen LogP contribution in [-0.4, -0.2) is 58.8 Å². The standard InChI is InChI=1S/C21H24N4O4/c1-12-6-20(23-14(3)22-12)24-9-15-7-16(10-24)25(15)21(26)13(2)29-17-4-5-18-19(8-17)28-11-27-18/h4-6,8,13,15-16H,7,9-11H2,1-3H3. The average Bonchev–Trinajstić information content (AvgIpc) is 3.15. The predicted molar refractivity (Wildman–Crippen MR) is 105 cm³/mol.